The van der Waals surface area contributed by atoms with Crippen molar-refractivity contribution in [3.8, 4) is 0 Å². The smallest absolute Gasteiger partial charge is 0 e. The van der Waals surface area contributed by atoms with Crippen LogP contribution < -0.4 is 5.32 Å². The van der Waals surface area contributed by atoms with E-state index in [1.54, 1.807) is 19.3 Å². The molecule has 0 aliphatic heterocycles. The van der Waals surface area contributed by atoms with Crippen molar-refractivity contribution in [1.29, 1.82) is 0 Å². The third-order valence-corrected chi connectivity index (χ3v) is 2.41. The van der Waals surface area contributed by atoms with Crippen LogP contribution in [-0.4, -0.2) is 37.2 Å². The molecular formula is C18H25FeNO7. The van der Waals surface area contributed by atoms with E-state index in [2.05, 4.69) is 25.3 Å². The van der Waals surface area contributed by atoms with Gasteiger partial charge < -0.3 is 14.8 Å². The fraction of sp³-hybridized carbons (Fsp3) is 0.500. The van der Waals surface area contributed by atoms with Gasteiger partial charge in [0.2, 0.25) is 0 Å². The number of aldehydes is 1. The maximum absolute atomic E-state index is 11.6. The van der Waals surface area contributed by atoms with Gasteiger partial charge >= 0.3 is 40.0 Å². The molecule has 0 fully saturated rings. The number of carbonyl (C=O) groups is 2. The van der Waals surface area contributed by atoms with Gasteiger partial charge in [0.25, 0.3) is 0 Å². The molecule has 1 amide bonds. The van der Waals surface area contributed by atoms with E-state index in [-0.39, 0.29) is 29.2 Å². The number of allylic oxidation sites excluding steroid dienone is 3. The quantitative estimate of drug-likeness (QED) is 0.169. The van der Waals surface area contributed by atoms with Crippen LogP contribution in [0, 0.1) is 20.0 Å². The van der Waals surface area contributed by atoms with Crippen molar-refractivity contribution in [2.45, 2.75) is 51.9 Å². The molecule has 0 bridgehead atoms. The Morgan fingerprint density at radius 2 is 1.56 bits per heavy atom. The first kappa shape index (κ1) is 36.1. The predicted molar refractivity (Wildman–Crippen MR) is 90.4 cm³/mol. The first-order valence-electron chi connectivity index (χ1n) is 7.20. The second-order valence-electron chi connectivity index (χ2n) is 5.39. The molecule has 0 spiro atoms. The molecule has 8 nitrogen and oxygen atoms in total. The molecule has 2 atom stereocenters. The largest absolute Gasteiger partial charge is 0 e. The Hall–Kier alpha value is -1.88. The van der Waals surface area contributed by atoms with Gasteiger partial charge in [-0.05, 0) is 40.2 Å². The summed E-state index contributed by atoms with van der Waals surface area (Å²) < 4.78 is 33.0. The van der Waals surface area contributed by atoms with Crippen LogP contribution in [0.3, 0.4) is 0 Å². The molecule has 152 valence electrons. The molecule has 0 aromatic heterocycles. The Labute approximate surface area is 171 Å². The Morgan fingerprint density at radius 3 is 1.93 bits per heavy atom. The summed E-state index contributed by atoms with van der Waals surface area (Å²) in [6.07, 6.45) is 7.40. The zero-order valence-corrected chi connectivity index (χ0v) is 17.1. The third kappa shape index (κ3) is 29.2. The summed E-state index contributed by atoms with van der Waals surface area (Å²) in [7, 11) is 1.59. The molecule has 27 heavy (non-hydrogen) atoms. The van der Waals surface area contributed by atoms with Gasteiger partial charge in [-0.2, -0.15) is 0 Å². The number of rotatable bonds is 7. The number of hydrogen-bond donors (Lipinski definition) is 1. The minimum absolute atomic E-state index is 0. The minimum Gasteiger partial charge on any atom is 0 e. The molecule has 0 rings (SSSR count). The van der Waals surface area contributed by atoms with Gasteiger partial charge in [0.05, 0.1) is 12.1 Å². The van der Waals surface area contributed by atoms with Crippen LogP contribution >= 0.6 is 0 Å². The van der Waals surface area contributed by atoms with E-state index in [9.17, 15) is 9.59 Å². The van der Waals surface area contributed by atoms with E-state index in [1.807, 2.05) is 33.8 Å². The third-order valence-electron chi connectivity index (χ3n) is 2.41. The van der Waals surface area contributed by atoms with Gasteiger partial charge in [-0.15, -0.1) is 0 Å². The van der Waals surface area contributed by atoms with Gasteiger partial charge in [-0.3, -0.25) is 4.79 Å². The summed E-state index contributed by atoms with van der Waals surface area (Å²) in [5.74, 6) is 0. The summed E-state index contributed by atoms with van der Waals surface area (Å²) in [6, 6.07) is -0.186. The number of amides is 1. The van der Waals surface area contributed by atoms with Crippen LogP contribution in [0.2, 0.25) is 0 Å². The predicted octanol–water partition coefficient (Wildman–Crippen LogP) is 2.50. The van der Waals surface area contributed by atoms with Crippen molar-refractivity contribution < 1.29 is 50.1 Å². The van der Waals surface area contributed by atoms with Crippen molar-refractivity contribution in [3.05, 3.63) is 44.3 Å². The number of methoxy groups -OCH3 is 1. The Bertz CT molecular complexity index is 462. The van der Waals surface area contributed by atoms with Gasteiger partial charge in [-0.1, -0.05) is 18.2 Å². The average molecular weight is 423 g/mol. The summed E-state index contributed by atoms with van der Waals surface area (Å²) in [4.78, 5) is 21.7. The molecule has 0 aromatic carbocycles. The molecular weight excluding hydrogens is 398 g/mol. The summed E-state index contributed by atoms with van der Waals surface area (Å²) in [5.41, 5.74) is -0.522. The van der Waals surface area contributed by atoms with Crippen LogP contribution in [0.5, 0.6) is 0 Å². The first-order valence-corrected chi connectivity index (χ1v) is 7.20. The van der Waals surface area contributed by atoms with Gasteiger partial charge in [0, 0.05) is 24.2 Å². The summed E-state index contributed by atoms with van der Waals surface area (Å²) in [5, 5.41) is 2.75. The van der Waals surface area contributed by atoms with Gasteiger partial charge in [-0.25, -0.2) is 4.79 Å². The second kappa shape index (κ2) is 26.3. The zero-order valence-electron chi connectivity index (χ0n) is 16.0. The van der Waals surface area contributed by atoms with E-state index in [0.717, 1.165) is 0 Å². The molecule has 0 unspecified atom stereocenters. The van der Waals surface area contributed by atoms with E-state index in [1.165, 1.54) is 6.08 Å². The molecule has 0 aromatic rings. The van der Waals surface area contributed by atoms with Crippen molar-refractivity contribution in [1.82, 2.24) is 5.32 Å². The normalized spacial score (nSPS) is 11.5. The standard InChI is InChI=1S/C15H25NO4.3CO.Fe/c1-12(16-14(18)20-15(2,3)4)13(19-5)10-8-6-7-9-11-17;3*1-2;/h6-9,11-13H,10H2,1-5H3,(H,16,18);;;;/b8-6+,9-7+;;;;/t12-,13+;;;;/m1..../s1. The number of carbonyl (C=O) groups excluding carboxylic acids is 2. The van der Waals surface area contributed by atoms with E-state index in [4.69, 9.17) is 23.4 Å². The fourth-order valence-corrected chi connectivity index (χ4v) is 1.49. The number of ether oxygens (including phenoxy) is 2. The molecule has 0 radical (unpaired) electrons. The number of nitrogens with one attached hydrogen (secondary N) is 1. The van der Waals surface area contributed by atoms with Crippen molar-refractivity contribution in [2.75, 3.05) is 7.11 Å². The summed E-state index contributed by atoms with van der Waals surface area (Å²) >= 11 is 0. The maximum Gasteiger partial charge on any atom is 0 e. The molecule has 0 aliphatic rings. The first-order chi connectivity index (χ1) is 12.3. The van der Waals surface area contributed by atoms with E-state index >= 15 is 0 Å². The molecule has 0 heterocycles. The van der Waals surface area contributed by atoms with Gasteiger partial charge in [0.15, 0.2) is 0 Å². The van der Waals surface area contributed by atoms with Crippen LogP contribution in [0.4, 0.5) is 4.79 Å². The molecule has 9 heteroatoms. The SMILES string of the molecule is CO[C@@H](C/C=C/C=C/C=O)[C@@H](C)NC(=O)OC(C)(C)C.[C-]#[O+].[C-]#[O+].[C-]#[O+].[Fe]. The van der Waals surface area contributed by atoms with Crippen LogP contribution in [-0.2, 0) is 45.3 Å². The molecule has 0 saturated heterocycles. The van der Waals surface area contributed by atoms with Gasteiger partial charge in [0.1, 0.15) is 11.9 Å². The van der Waals surface area contributed by atoms with Crippen molar-refractivity contribution >= 4 is 12.4 Å². The topological polar surface area (TPSA) is 124 Å². The fourth-order valence-electron chi connectivity index (χ4n) is 1.49. The second-order valence-corrected chi connectivity index (χ2v) is 5.39. The number of hydrogen-bond acceptors (Lipinski definition) is 4. The Morgan fingerprint density at radius 1 is 1.07 bits per heavy atom. The van der Waals surface area contributed by atoms with Crippen LogP contribution in [0.15, 0.2) is 24.3 Å². The van der Waals surface area contributed by atoms with E-state index < -0.39 is 11.7 Å². The zero-order chi connectivity index (χ0) is 21.6. The summed E-state index contributed by atoms with van der Waals surface area (Å²) in [6.45, 7) is 20.8. The molecule has 0 aliphatic carbocycles. The number of alkyl carbamates (subject to hydrolysis) is 1. The Balaban J connectivity index is -0.000000208. The van der Waals surface area contributed by atoms with Crippen LogP contribution in [0.25, 0.3) is 0 Å². The van der Waals surface area contributed by atoms with Crippen molar-refractivity contribution in [3.63, 3.8) is 0 Å². The molecule has 0 saturated carbocycles. The van der Waals surface area contributed by atoms with E-state index in [0.29, 0.717) is 12.7 Å². The Kier molecular flexibility index (Phi) is 35.2. The van der Waals surface area contributed by atoms with Crippen molar-refractivity contribution in [2.24, 2.45) is 0 Å². The minimum atomic E-state index is -0.522. The van der Waals surface area contributed by atoms with Crippen LogP contribution in [0.1, 0.15) is 34.1 Å². The average Bonchev–Trinajstić information content (AvgIpc) is 2.61. The molecule has 1 N–H and O–H groups in total. The maximum atomic E-state index is 11.6. The monoisotopic (exact) mass is 423 g/mol.